The van der Waals surface area contributed by atoms with Gasteiger partial charge in [0.15, 0.2) is 0 Å². The molecule has 1 aliphatic heterocycles. The molecule has 1 fully saturated rings. The normalized spacial score (nSPS) is 18.8. The van der Waals surface area contributed by atoms with Crippen molar-refractivity contribution in [3.8, 4) is 0 Å². The molecular weight excluding hydrogens is 264 g/mol. The van der Waals surface area contributed by atoms with E-state index in [2.05, 4.69) is 10.6 Å². The van der Waals surface area contributed by atoms with E-state index in [9.17, 15) is 4.79 Å². The number of nitrogens with one attached hydrogen (secondary N) is 2. The molecule has 2 heterocycles. The highest BCUT2D eigenvalue weighted by Gasteiger charge is 2.19. The van der Waals surface area contributed by atoms with Crippen molar-refractivity contribution in [2.45, 2.75) is 18.9 Å². The van der Waals surface area contributed by atoms with Gasteiger partial charge in [-0.1, -0.05) is 18.2 Å². The van der Waals surface area contributed by atoms with Crippen molar-refractivity contribution in [1.29, 1.82) is 0 Å². The maximum absolute atomic E-state index is 12.2. The number of hydrogen-bond acceptors (Lipinski definition) is 3. The molecule has 1 unspecified atom stereocenters. The lowest BCUT2D eigenvalue weighted by molar-refractivity contribution is 0.0931. The minimum absolute atomic E-state index is 0. The van der Waals surface area contributed by atoms with Crippen LogP contribution in [0.5, 0.6) is 0 Å². The monoisotopic (exact) mass is 280 g/mol. The standard InChI is InChI=1S/C14H16N2O2.ClH/c17-14(16-10-4-3-7-15-8-10)12-9-18-13-6-2-1-5-11(12)13;/h1-2,5-6,9-10,15H,3-4,7-8H2,(H,16,17);1H. The number of benzene rings is 1. The number of rotatable bonds is 2. The first-order chi connectivity index (χ1) is 8.84. The predicted molar refractivity (Wildman–Crippen MR) is 76.8 cm³/mol. The second kappa shape index (κ2) is 6.08. The highest BCUT2D eigenvalue weighted by Crippen LogP contribution is 2.20. The van der Waals surface area contributed by atoms with E-state index in [0.29, 0.717) is 5.56 Å². The zero-order chi connectivity index (χ0) is 12.4. The van der Waals surface area contributed by atoms with Crippen molar-refractivity contribution in [3.63, 3.8) is 0 Å². The summed E-state index contributed by atoms with van der Waals surface area (Å²) in [7, 11) is 0. The Morgan fingerprint density at radius 3 is 3.00 bits per heavy atom. The lowest BCUT2D eigenvalue weighted by Crippen LogP contribution is -2.45. The molecule has 3 rings (SSSR count). The number of hydrogen-bond donors (Lipinski definition) is 2. The Hall–Kier alpha value is -1.52. The molecule has 0 saturated carbocycles. The molecule has 0 spiro atoms. The van der Waals surface area contributed by atoms with Gasteiger partial charge in [-0.15, -0.1) is 12.4 Å². The summed E-state index contributed by atoms with van der Waals surface area (Å²) in [6.45, 7) is 1.89. The summed E-state index contributed by atoms with van der Waals surface area (Å²) in [4.78, 5) is 12.2. The van der Waals surface area contributed by atoms with Crippen LogP contribution >= 0.6 is 12.4 Å². The van der Waals surface area contributed by atoms with Gasteiger partial charge in [0.2, 0.25) is 0 Å². The SMILES string of the molecule is Cl.O=C(NC1CCCNC1)c1coc2ccccc12. The average molecular weight is 281 g/mol. The van der Waals surface area contributed by atoms with Crippen molar-refractivity contribution in [3.05, 3.63) is 36.1 Å². The first-order valence-corrected chi connectivity index (χ1v) is 6.32. The van der Waals surface area contributed by atoms with E-state index in [0.717, 1.165) is 36.9 Å². The average Bonchev–Trinajstić information content (AvgIpc) is 2.84. The summed E-state index contributed by atoms with van der Waals surface area (Å²) in [5.41, 5.74) is 1.38. The fourth-order valence-electron chi connectivity index (χ4n) is 2.39. The first-order valence-electron chi connectivity index (χ1n) is 6.32. The number of carbonyl (C=O) groups excluding carboxylic acids is 1. The Kier molecular flexibility index (Phi) is 4.45. The van der Waals surface area contributed by atoms with Crippen LogP contribution in [0.1, 0.15) is 23.2 Å². The van der Waals surface area contributed by atoms with E-state index >= 15 is 0 Å². The topological polar surface area (TPSA) is 54.3 Å². The van der Waals surface area contributed by atoms with Crippen LogP contribution in [-0.2, 0) is 0 Å². The number of halogens is 1. The van der Waals surface area contributed by atoms with Gasteiger partial charge in [-0.3, -0.25) is 4.79 Å². The minimum Gasteiger partial charge on any atom is -0.463 e. The summed E-state index contributed by atoms with van der Waals surface area (Å²) in [5, 5.41) is 7.21. The van der Waals surface area contributed by atoms with Gasteiger partial charge < -0.3 is 15.1 Å². The van der Waals surface area contributed by atoms with Gasteiger partial charge in [-0.05, 0) is 25.5 Å². The van der Waals surface area contributed by atoms with Gasteiger partial charge >= 0.3 is 0 Å². The van der Waals surface area contributed by atoms with Crippen molar-refractivity contribution in [2.24, 2.45) is 0 Å². The zero-order valence-electron chi connectivity index (χ0n) is 10.5. The molecule has 0 bridgehead atoms. The zero-order valence-corrected chi connectivity index (χ0v) is 11.3. The molecular formula is C14H17ClN2O2. The molecule has 2 N–H and O–H groups in total. The summed E-state index contributed by atoms with van der Waals surface area (Å²) in [5.74, 6) is -0.0475. The smallest absolute Gasteiger partial charge is 0.255 e. The number of amides is 1. The molecule has 1 saturated heterocycles. The molecule has 5 heteroatoms. The Balaban J connectivity index is 0.00000133. The fourth-order valence-corrected chi connectivity index (χ4v) is 2.39. The third-order valence-electron chi connectivity index (χ3n) is 3.36. The Morgan fingerprint density at radius 1 is 1.37 bits per heavy atom. The number of piperidine rings is 1. The number of furan rings is 1. The molecule has 2 aromatic rings. The predicted octanol–water partition coefficient (Wildman–Crippen LogP) is 2.34. The third kappa shape index (κ3) is 2.91. The minimum atomic E-state index is -0.0475. The quantitative estimate of drug-likeness (QED) is 0.888. The van der Waals surface area contributed by atoms with Gasteiger partial charge in [0.05, 0.1) is 5.56 Å². The first kappa shape index (κ1) is 13.9. The molecule has 1 aromatic heterocycles. The van der Waals surface area contributed by atoms with Crippen molar-refractivity contribution < 1.29 is 9.21 Å². The largest absolute Gasteiger partial charge is 0.463 e. The van der Waals surface area contributed by atoms with Gasteiger partial charge in [0.25, 0.3) is 5.91 Å². The number of fused-ring (bicyclic) bond motifs is 1. The third-order valence-corrected chi connectivity index (χ3v) is 3.36. The maximum atomic E-state index is 12.2. The van der Waals surface area contributed by atoms with Crippen LogP contribution < -0.4 is 10.6 Å². The van der Waals surface area contributed by atoms with Crippen molar-refractivity contribution in [2.75, 3.05) is 13.1 Å². The highest BCUT2D eigenvalue weighted by molar-refractivity contribution is 6.05. The molecule has 19 heavy (non-hydrogen) atoms. The molecule has 0 radical (unpaired) electrons. The van der Waals surface area contributed by atoms with Crippen molar-refractivity contribution in [1.82, 2.24) is 10.6 Å². The number of para-hydroxylation sites is 1. The lowest BCUT2D eigenvalue weighted by atomic mass is 10.1. The second-order valence-electron chi connectivity index (χ2n) is 4.66. The maximum Gasteiger partial charge on any atom is 0.255 e. The van der Waals surface area contributed by atoms with Crippen molar-refractivity contribution >= 4 is 29.3 Å². The molecule has 1 aliphatic rings. The Labute approximate surface area is 118 Å². The van der Waals surface area contributed by atoms with E-state index < -0.39 is 0 Å². The van der Waals surface area contributed by atoms with Crippen LogP contribution in [0.15, 0.2) is 34.9 Å². The second-order valence-corrected chi connectivity index (χ2v) is 4.66. The van der Waals surface area contributed by atoms with E-state index in [-0.39, 0.29) is 24.4 Å². The van der Waals surface area contributed by atoms with Gasteiger partial charge in [-0.25, -0.2) is 0 Å². The van der Waals surface area contributed by atoms with Crippen LogP contribution in [0.2, 0.25) is 0 Å². The van der Waals surface area contributed by atoms with Gasteiger partial charge in [0.1, 0.15) is 11.8 Å². The molecule has 4 nitrogen and oxygen atoms in total. The van der Waals surface area contributed by atoms with E-state index in [1.165, 1.54) is 6.26 Å². The van der Waals surface area contributed by atoms with Crippen LogP contribution in [0, 0.1) is 0 Å². The molecule has 1 amide bonds. The van der Waals surface area contributed by atoms with Crippen LogP contribution in [0.3, 0.4) is 0 Å². The summed E-state index contributed by atoms with van der Waals surface area (Å²) < 4.78 is 5.38. The Morgan fingerprint density at radius 2 is 2.21 bits per heavy atom. The van der Waals surface area contributed by atoms with Gasteiger partial charge in [-0.2, -0.15) is 0 Å². The summed E-state index contributed by atoms with van der Waals surface area (Å²) >= 11 is 0. The van der Waals surface area contributed by atoms with E-state index in [1.807, 2.05) is 24.3 Å². The summed E-state index contributed by atoms with van der Waals surface area (Å²) in [6.07, 6.45) is 3.68. The van der Waals surface area contributed by atoms with Gasteiger partial charge in [0, 0.05) is 18.0 Å². The fraction of sp³-hybridized carbons (Fsp3) is 0.357. The number of carbonyl (C=O) groups is 1. The van der Waals surface area contributed by atoms with Crippen LogP contribution in [-0.4, -0.2) is 25.0 Å². The van der Waals surface area contributed by atoms with E-state index in [4.69, 9.17) is 4.42 Å². The molecule has 1 aromatic carbocycles. The highest BCUT2D eigenvalue weighted by atomic mass is 35.5. The molecule has 102 valence electrons. The van der Waals surface area contributed by atoms with Crippen LogP contribution in [0.25, 0.3) is 11.0 Å². The Bertz CT molecular complexity index is 561. The van der Waals surface area contributed by atoms with Crippen LogP contribution in [0.4, 0.5) is 0 Å². The van der Waals surface area contributed by atoms with E-state index in [1.54, 1.807) is 0 Å². The lowest BCUT2D eigenvalue weighted by Gasteiger charge is -2.23. The summed E-state index contributed by atoms with van der Waals surface area (Å²) in [6, 6.07) is 7.82. The molecule has 1 atom stereocenters. The molecule has 0 aliphatic carbocycles.